The summed E-state index contributed by atoms with van der Waals surface area (Å²) in [5.41, 5.74) is 3.17. The van der Waals surface area contributed by atoms with Gasteiger partial charge in [0.15, 0.2) is 16.6 Å². The second kappa shape index (κ2) is 11.5. The van der Waals surface area contributed by atoms with Crippen molar-refractivity contribution >= 4 is 45.3 Å². The van der Waals surface area contributed by atoms with Gasteiger partial charge in [0.05, 0.1) is 12.2 Å². The molecular formula is C29H26N2O5S2. The summed E-state index contributed by atoms with van der Waals surface area (Å²) in [5.74, 6) is 2.52. The van der Waals surface area contributed by atoms with Crippen molar-refractivity contribution in [2.24, 2.45) is 0 Å². The van der Waals surface area contributed by atoms with E-state index in [0.717, 1.165) is 33.2 Å². The van der Waals surface area contributed by atoms with E-state index < -0.39 is 0 Å². The molecule has 0 saturated heterocycles. The summed E-state index contributed by atoms with van der Waals surface area (Å²) in [6.07, 6.45) is 0.540. The summed E-state index contributed by atoms with van der Waals surface area (Å²) >= 11 is 7.04. The van der Waals surface area contributed by atoms with Crippen molar-refractivity contribution in [3.63, 3.8) is 0 Å². The molecule has 5 rings (SSSR count). The molecule has 0 saturated carbocycles. The lowest BCUT2D eigenvalue weighted by Gasteiger charge is -2.12. The lowest BCUT2D eigenvalue weighted by Crippen LogP contribution is -2.20. The topological polar surface area (TPSA) is 78.1 Å². The highest BCUT2D eigenvalue weighted by molar-refractivity contribution is 7.80. The molecule has 0 radical (unpaired) electrons. The third-order valence-corrected chi connectivity index (χ3v) is 7.09. The largest absolute Gasteiger partial charge is 0.462 e. The molecular weight excluding hydrogens is 520 g/mol. The Labute approximate surface area is 230 Å². The summed E-state index contributed by atoms with van der Waals surface area (Å²) in [4.78, 5) is 14.0. The average Bonchev–Trinajstić information content (AvgIpc) is 3.49. The average molecular weight is 547 g/mol. The SMILES string of the molecule is CCOC(=O)c1c(NC(=S)Nc2ccc(Oc3ccccc3)cc2)sc(C)c1Cc1ccc2c(c1)OCO2. The zero-order valence-electron chi connectivity index (χ0n) is 20.9. The van der Waals surface area contributed by atoms with Gasteiger partial charge in [0.1, 0.15) is 16.5 Å². The molecule has 4 aromatic rings. The van der Waals surface area contributed by atoms with Gasteiger partial charge in [-0.1, -0.05) is 24.3 Å². The van der Waals surface area contributed by atoms with Crippen molar-refractivity contribution in [3.8, 4) is 23.0 Å². The van der Waals surface area contributed by atoms with E-state index in [0.29, 0.717) is 33.6 Å². The highest BCUT2D eigenvalue weighted by Gasteiger charge is 2.25. The molecule has 0 aliphatic carbocycles. The Morgan fingerprint density at radius 1 is 0.974 bits per heavy atom. The van der Waals surface area contributed by atoms with Crippen LogP contribution in [0.3, 0.4) is 0 Å². The normalized spacial score (nSPS) is 11.6. The zero-order valence-corrected chi connectivity index (χ0v) is 22.5. The van der Waals surface area contributed by atoms with Crippen LogP contribution < -0.4 is 24.8 Å². The summed E-state index contributed by atoms with van der Waals surface area (Å²) in [6.45, 7) is 4.27. The molecule has 0 atom stereocenters. The fourth-order valence-corrected chi connectivity index (χ4v) is 5.40. The number of anilines is 2. The van der Waals surface area contributed by atoms with Crippen LogP contribution in [0.5, 0.6) is 23.0 Å². The molecule has 2 heterocycles. The standard InChI is InChI=1S/C29H26N2O5S2/c1-3-33-28(32)26-23(15-19-9-14-24-25(16-19)35-17-34-24)18(2)38-27(26)31-29(37)30-20-10-12-22(13-11-20)36-21-7-5-4-6-8-21/h4-14,16H,3,15,17H2,1-2H3,(H2,30,31,37). The van der Waals surface area contributed by atoms with Gasteiger partial charge >= 0.3 is 5.97 Å². The van der Waals surface area contributed by atoms with Gasteiger partial charge in [-0.25, -0.2) is 4.79 Å². The number of carbonyl (C=O) groups excluding carboxylic acids is 1. The van der Waals surface area contributed by atoms with Crippen LogP contribution in [0.2, 0.25) is 0 Å². The van der Waals surface area contributed by atoms with Gasteiger partial charge in [0, 0.05) is 10.6 Å². The Balaban J connectivity index is 1.31. The summed E-state index contributed by atoms with van der Waals surface area (Å²) in [7, 11) is 0. The van der Waals surface area contributed by atoms with Crippen molar-refractivity contribution < 1.29 is 23.7 Å². The second-order valence-corrected chi connectivity index (χ2v) is 10.1. The third kappa shape index (κ3) is 5.90. The minimum atomic E-state index is -0.389. The van der Waals surface area contributed by atoms with Crippen LogP contribution in [0.1, 0.15) is 33.3 Å². The fourth-order valence-electron chi connectivity index (χ4n) is 4.05. The van der Waals surface area contributed by atoms with Crippen LogP contribution in [-0.4, -0.2) is 24.5 Å². The molecule has 38 heavy (non-hydrogen) atoms. The maximum atomic E-state index is 13.0. The number of hydrogen-bond donors (Lipinski definition) is 2. The van der Waals surface area contributed by atoms with E-state index in [-0.39, 0.29) is 19.4 Å². The van der Waals surface area contributed by atoms with Crippen molar-refractivity contribution in [3.05, 3.63) is 94.4 Å². The van der Waals surface area contributed by atoms with E-state index in [1.165, 1.54) is 11.3 Å². The number of hydrogen-bond acceptors (Lipinski definition) is 7. The number of nitrogens with one attached hydrogen (secondary N) is 2. The smallest absolute Gasteiger partial charge is 0.341 e. The molecule has 1 aromatic heterocycles. The highest BCUT2D eigenvalue weighted by Crippen LogP contribution is 2.38. The number of benzene rings is 3. The molecule has 9 heteroatoms. The van der Waals surface area contributed by atoms with Gasteiger partial charge in [0.2, 0.25) is 6.79 Å². The summed E-state index contributed by atoms with van der Waals surface area (Å²) in [6, 6.07) is 22.9. The molecule has 0 amide bonds. The van der Waals surface area contributed by atoms with Gasteiger partial charge in [-0.05, 0) is 92.1 Å². The first-order chi connectivity index (χ1) is 18.5. The summed E-state index contributed by atoms with van der Waals surface area (Å²) in [5, 5.41) is 7.38. The number of aryl methyl sites for hydroxylation is 1. The molecule has 0 unspecified atom stereocenters. The van der Waals surface area contributed by atoms with Crippen LogP contribution in [0.25, 0.3) is 0 Å². The van der Waals surface area contributed by atoms with E-state index >= 15 is 0 Å². The van der Waals surface area contributed by atoms with Crippen molar-refractivity contribution in [2.45, 2.75) is 20.3 Å². The molecule has 2 N–H and O–H groups in total. The zero-order chi connectivity index (χ0) is 26.5. The number of esters is 1. The van der Waals surface area contributed by atoms with E-state index in [2.05, 4.69) is 10.6 Å². The van der Waals surface area contributed by atoms with Crippen molar-refractivity contribution in [1.29, 1.82) is 0 Å². The maximum Gasteiger partial charge on any atom is 0.341 e. The van der Waals surface area contributed by atoms with E-state index in [1.807, 2.05) is 79.7 Å². The number of thiophene rings is 1. The van der Waals surface area contributed by atoms with Crippen molar-refractivity contribution in [2.75, 3.05) is 24.0 Å². The van der Waals surface area contributed by atoms with E-state index in [4.69, 9.17) is 31.2 Å². The minimum Gasteiger partial charge on any atom is -0.462 e. The molecule has 3 aromatic carbocycles. The van der Waals surface area contributed by atoms with Crippen LogP contribution in [0.15, 0.2) is 72.8 Å². The number of thiocarbonyl (C=S) groups is 1. The number of carbonyl (C=O) groups is 1. The van der Waals surface area contributed by atoms with Gasteiger partial charge in [-0.2, -0.15) is 0 Å². The van der Waals surface area contributed by atoms with Crippen LogP contribution in [-0.2, 0) is 11.2 Å². The number of rotatable bonds is 8. The van der Waals surface area contributed by atoms with E-state index in [9.17, 15) is 4.79 Å². The Morgan fingerprint density at radius 3 is 2.47 bits per heavy atom. The van der Waals surface area contributed by atoms with Crippen LogP contribution in [0, 0.1) is 6.92 Å². The predicted molar refractivity (Wildman–Crippen MR) is 153 cm³/mol. The molecule has 194 valence electrons. The van der Waals surface area contributed by atoms with Gasteiger partial charge in [-0.15, -0.1) is 11.3 Å². The minimum absolute atomic E-state index is 0.214. The molecule has 1 aliphatic rings. The fraction of sp³-hybridized carbons (Fsp3) is 0.172. The monoisotopic (exact) mass is 546 g/mol. The molecule has 1 aliphatic heterocycles. The first-order valence-electron chi connectivity index (χ1n) is 12.1. The Bertz CT molecular complexity index is 1450. The lowest BCUT2D eigenvalue weighted by atomic mass is 10.0. The first-order valence-corrected chi connectivity index (χ1v) is 13.3. The molecule has 7 nitrogen and oxygen atoms in total. The summed E-state index contributed by atoms with van der Waals surface area (Å²) < 4.78 is 22.2. The highest BCUT2D eigenvalue weighted by atomic mass is 32.1. The van der Waals surface area contributed by atoms with Crippen LogP contribution >= 0.6 is 23.6 Å². The van der Waals surface area contributed by atoms with Crippen molar-refractivity contribution in [1.82, 2.24) is 0 Å². The Kier molecular flexibility index (Phi) is 7.76. The van der Waals surface area contributed by atoms with E-state index in [1.54, 1.807) is 6.92 Å². The molecule has 0 bridgehead atoms. The Morgan fingerprint density at radius 2 is 1.71 bits per heavy atom. The third-order valence-electron chi connectivity index (χ3n) is 5.82. The second-order valence-electron chi connectivity index (χ2n) is 8.44. The van der Waals surface area contributed by atoms with Gasteiger partial charge in [-0.3, -0.25) is 0 Å². The van der Waals surface area contributed by atoms with Gasteiger partial charge < -0.3 is 29.6 Å². The number of para-hydroxylation sites is 1. The quantitative estimate of drug-likeness (QED) is 0.178. The van der Waals surface area contributed by atoms with Gasteiger partial charge in [0.25, 0.3) is 0 Å². The first kappa shape index (κ1) is 25.6. The Hall–Kier alpha value is -4.08. The number of ether oxygens (including phenoxy) is 4. The maximum absolute atomic E-state index is 13.0. The molecule has 0 spiro atoms. The molecule has 0 fully saturated rings. The van der Waals surface area contributed by atoms with Crippen LogP contribution in [0.4, 0.5) is 10.7 Å². The number of fused-ring (bicyclic) bond motifs is 1. The predicted octanol–water partition coefficient (Wildman–Crippen LogP) is 7.15. The lowest BCUT2D eigenvalue weighted by molar-refractivity contribution is 0.0527.